The summed E-state index contributed by atoms with van der Waals surface area (Å²) in [4.78, 5) is 18.8. The van der Waals surface area contributed by atoms with Gasteiger partial charge in [0.2, 0.25) is 10.0 Å². The average molecular weight is 592 g/mol. The molecule has 4 aromatic rings. The topological polar surface area (TPSA) is 127 Å². The maximum absolute atomic E-state index is 13.7. The number of halogens is 1. The van der Waals surface area contributed by atoms with E-state index in [0.29, 0.717) is 86.0 Å². The van der Waals surface area contributed by atoms with Gasteiger partial charge in [0.15, 0.2) is 5.65 Å². The number of ether oxygens (including phenoxy) is 2. The van der Waals surface area contributed by atoms with E-state index in [-0.39, 0.29) is 15.6 Å². The lowest BCUT2D eigenvalue weighted by atomic mass is 10.1. The van der Waals surface area contributed by atoms with Crippen LogP contribution in [0.15, 0.2) is 34.2 Å². The van der Waals surface area contributed by atoms with Crippen molar-refractivity contribution in [3.63, 3.8) is 0 Å². The van der Waals surface area contributed by atoms with E-state index in [4.69, 9.17) is 21.1 Å². The summed E-state index contributed by atoms with van der Waals surface area (Å²) in [5, 5.41) is 8.34. The number of aromatic nitrogens is 5. The fourth-order valence-corrected chi connectivity index (χ4v) is 6.83. The van der Waals surface area contributed by atoms with Crippen molar-refractivity contribution in [2.24, 2.45) is 0 Å². The third kappa shape index (κ3) is 5.12. The first-order valence-corrected chi connectivity index (χ1v) is 15.3. The number of hydrogen-bond donors (Lipinski definition) is 1. The van der Waals surface area contributed by atoms with Gasteiger partial charge in [-0.25, -0.2) is 17.6 Å². The normalized spacial score (nSPS) is 15.4. The van der Waals surface area contributed by atoms with Crippen LogP contribution in [0.5, 0.6) is 5.75 Å². The zero-order valence-corrected chi connectivity index (χ0v) is 24.5. The van der Waals surface area contributed by atoms with Crippen molar-refractivity contribution in [1.29, 1.82) is 0 Å². The number of hydrogen-bond acceptors (Lipinski definition) is 8. The van der Waals surface area contributed by atoms with Gasteiger partial charge in [-0.1, -0.05) is 25.4 Å². The highest BCUT2D eigenvalue weighted by atomic mass is 35.5. The minimum absolute atomic E-state index is 0.144. The number of aryl methyl sites for hydroxylation is 1. The molecule has 0 saturated carbocycles. The molecule has 5 rings (SSSR count). The first kappa shape index (κ1) is 28.6. The highest BCUT2D eigenvalue weighted by Gasteiger charge is 2.30. The second-order valence-electron chi connectivity index (χ2n) is 9.74. The minimum atomic E-state index is -3.78. The highest BCUT2D eigenvalue weighted by molar-refractivity contribution is 7.89. The number of piperazine rings is 1. The van der Waals surface area contributed by atoms with Gasteiger partial charge in [0.25, 0.3) is 0 Å². The molecule has 216 valence electrons. The maximum Gasteiger partial charge on any atom is 0.335 e. The Morgan fingerprint density at radius 3 is 2.55 bits per heavy atom. The SMILES string of the molecule is CCCOc1ccc(S(=O)(=O)N2CCN(CCOC)CC2)cc1-c1[nH]c2c(c1Cl)n(CCC)c(=O)n1cnnc21. The molecule has 0 aliphatic carbocycles. The van der Waals surface area contributed by atoms with Crippen LogP contribution < -0.4 is 10.4 Å². The maximum atomic E-state index is 13.7. The number of H-pyrrole nitrogens is 1. The second kappa shape index (κ2) is 11.9. The molecule has 1 aliphatic rings. The smallest absolute Gasteiger partial charge is 0.335 e. The summed E-state index contributed by atoms with van der Waals surface area (Å²) in [7, 11) is -2.13. The van der Waals surface area contributed by atoms with Gasteiger partial charge in [-0.2, -0.15) is 4.31 Å². The standard InChI is InChI=1S/C26H34ClN7O5S/c1-4-8-33-24-21(27)22(29-23(24)25-30-28-17-34(25)26(33)35)19-16-18(6-7-20(19)39-14-5-2)40(36,37)32-11-9-31(10-12-32)13-15-38-3/h6-7,16-17,29H,4-5,8-15H2,1-3H3. The lowest BCUT2D eigenvalue weighted by molar-refractivity contribution is 0.123. The number of aromatic amines is 1. The first-order chi connectivity index (χ1) is 19.3. The number of nitrogens with zero attached hydrogens (tertiary/aromatic N) is 6. The molecule has 1 aliphatic heterocycles. The first-order valence-electron chi connectivity index (χ1n) is 13.4. The van der Waals surface area contributed by atoms with Crippen LogP contribution in [0.4, 0.5) is 0 Å². The van der Waals surface area contributed by atoms with Crippen molar-refractivity contribution in [2.45, 2.75) is 38.1 Å². The summed E-state index contributed by atoms with van der Waals surface area (Å²) in [6.07, 6.45) is 2.84. The fourth-order valence-electron chi connectivity index (χ4n) is 5.04. The number of methoxy groups -OCH3 is 1. The van der Waals surface area contributed by atoms with Gasteiger partial charge in [-0.05, 0) is 31.0 Å². The fraction of sp³-hybridized carbons (Fsp3) is 0.500. The Kier molecular flexibility index (Phi) is 8.47. The van der Waals surface area contributed by atoms with Crippen LogP contribution in [-0.4, -0.2) is 94.8 Å². The van der Waals surface area contributed by atoms with Gasteiger partial charge in [0, 0.05) is 51.9 Å². The predicted molar refractivity (Wildman–Crippen MR) is 153 cm³/mol. The van der Waals surface area contributed by atoms with Crippen molar-refractivity contribution < 1.29 is 17.9 Å². The van der Waals surface area contributed by atoms with Gasteiger partial charge in [0.1, 0.15) is 17.6 Å². The van der Waals surface area contributed by atoms with Crippen molar-refractivity contribution in [3.8, 4) is 17.0 Å². The number of fused-ring (bicyclic) bond motifs is 3. The van der Waals surface area contributed by atoms with Crippen molar-refractivity contribution in [1.82, 2.24) is 33.4 Å². The van der Waals surface area contributed by atoms with E-state index >= 15 is 0 Å². The van der Waals surface area contributed by atoms with E-state index in [1.807, 2.05) is 13.8 Å². The van der Waals surface area contributed by atoms with Crippen molar-refractivity contribution >= 4 is 38.3 Å². The Morgan fingerprint density at radius 1 is 1.07 bits per heavy atom. The van der Waals surface area contributed by atoms with Gasteiger partial charge in [-0.3, -0.25) is 9.47 Å². The molecule has 0 spiro atoms. The van der Waals surface area contributed by atoms with Gasteiger partial charge in [-0.15, -0.1) is 10.2 Å². The monoisotopic (exact) mass is 591 g/mol. The number of benzene rings is 1. The van der Waals surface area contributed by atoms with Crippen LogP contribution >= 0.6 is 11.6 Å². The summed E-state index contributed by atoms with van der Waals surface area (Å²) in [5.41, 5.74) is 2.00. The summed E-state index contributed by atoms with van der Waals surface area (Å²) < 4.78 is 43.1. The van der Waals surface area contributed by atoms with E-state index in [1.165, 1.54) is 15.0 Å². The lowest BCUT2D eigenvalue weighted by Gasteiger charge is -2.33. The minimum Gasteiger partial charge on any atom is -0.493 e. The largest absolute Gasteiger partial charge is 0.493 e. The molecule has 40 heavy (non-hydrogen) atoms. The molecule has 0 radical (unpaired) electrons. The van der Waals surface area contributed by atoms with Crippen LogP contribution in [0, 0.1) is 0 Å². The number of rotatable bonds is 11. The summed E-state index contributed by atoms with van der Waals surface area (Å²) in [6.45, 7) is 8.24. The Labute approximate surface area is 237 Å². The third-order valence-electron chi connectivity index (χ3n) is 7.10. The van der Waals surface area contributed by atoms with E-state index in [9.17, 15) is 13.2 Å². The Bertz CT molecular complexity index is 1670. The predicted octanol–water partition coefficient (Wildman–Crippen LogP) is 2.84. The Hall–Kier alpha value is -2.97. The highest BCUT2D eigenvalue weighted by Crippen LogP contribution is 2.40. The van der Waals surface area contributed by atoms with Crippen molar-refractivity contribution in [3.05, 3.63) is 40.0 Å². The molecular formula is C26H34ClN7O5S. The molecule has 0 amide bonds. The van der Waals surface area contributed by atoms with Crippen LogP contribution in [0.1, 0.15) is 26.7 Å². The lowest BCUT2D eigenvalue weighted by Crippen LogP contribution is -2.49. The number of nitrogens with one attached hydrogen (secondary N) is 1. The van der Waals surface area contributed by atoms with Gasteiger partial charge >= 0.3 is 5.69 Å². The zero-order valence-electron chi connectivity index (χ0n) is 22.9. The van der Waals surface area contributed by atoms with E-state index < -0.39 is 10.0 Å². The van der Waals surface area contributed by atoms with E-state index in [2.05, 4.69) is 20.1 Å². The summed E-state index contributed by atoms with van der Waals surface area (Å²) >= 11 is 6.97. The summed E-state index contributed by atoms with van der Waals surface area (Å²) in [6, 6.07) is 4.83. The molecule has 0 unspecified atom stereocenters. The van der Waals surface area contributed by atoms with Crippen LogP contribution in [0.2, 0.25) is 5.02 Å². The summed E-state index contributed by atoms with van der Waals surface area (Å²) in [5.74, 6) is 0.487. The quantitative estimate of drug-likeness (QED) is 0.282. The Balaban J connectivity index is 1.61. The Morgan fingerprint density at radius 2 is 1.85 bits per heavy atom. The average Bonchev–Trinajstić information content (AvgIpc) is 3.58. The molecule has 0 atom stereocenters. The molecule has 4 heterocycles. The van der Waals surface area contributed by atoms with E-state index in [0.717, 1.165) is 13.0 Å². The molecule has 1 aromatic carbocycles. The van der Waals surface area contributed by atoms with Crippen LogP contribution in [-0.2, 0) is 21.3 Å². The van der Waals surface area contributed by atoms with E-state index in [1.54, 1.807) is 29.9 Å². The molecule has 1 saturated heterocycles. The molecule has 1 N–H and O–H groups in total. The third-order valence-corrected chi connectivity index (χ3v) is 9.37. The van der Waals surface area contributed by atoms with Crippen molar-refractivity contribution in [2.75, 3.05) is 53.0 Å². The zero-order chi connectivity index (χ0) is 28.4. The van der Waals surface area contributed by atoms with Gasteiger partial charge < -0.3 is 14.5 Å². The molecule has 0 bridgehead atoms. The second-order valence-corrected chi connectivity index (χ2v) is 12.1. The van der Waals surface area contributed by atoms with Crippen LogP contribution in [0.25, 0.3) is 27.9 Å². The molecule has 3 aromatic heterocycles. The molecule has 1 fully saturated rings. The van der Waals surface area contributed by atoms with Crippen LogP contribution in [0.3, 0.4) is 0 Å². The molecule has 14 heteroatoms. The molecule has 12 nitrogen and oxygen atoms in total. The number of sulfonamides is 1. The molecular weight excluding hydrogens is 558 g/mol. The van der Waals surface area contributed by atoms with Gasteiger partial charge in [0.05, 0.1) is 34.3 Å².